The van der Waals surface area contributed by atoms with Crippen LogP contribution in [0.1, 0.15) is 219 Å². The third kappa shape index (κ3) is 18.5. The van der Waals surface area contributed by atoms with Gasteiger partial charge in [-0.3, -0.25) is 0 Å². The molecule has 1 N–H and O–H groups in total. The average molecular weight is 532 g/mol. The van der Waals surface area contributed by atoms with Gasteiger partial charge in [0.1, 0.15) is 12.4 Å². The summed E-state index contributed by atoms with van der Waals surface area (Å²) in [6.07, 6.45) is 42.7. The molecule has 0 spiro atoms. The number of unbranched alkanes of at least 4 members (excludes halogenated alkanes) is 21. The first-order valence-corrected chi connectivity index (χ1v) is 17.8. The second kappa shape index (κ2) is 26.4. The van der Waals surface area contributed by atoms with Crippen LogP contribution in [0.15, 0.2) is 12.4 Å². The number of H-pyrrole nitrogens is 1. The van der Waals surface area contributed by atoms with Crippen LogP contribution in [0.3, 0.4) is 0 Å². The second-order valence-electron chi connectivity index (χ2n) is 12.6. The summed E-state index contributed by atoms with van der Waals surface area (Å²) in [4.78, 5) is 3.72. The van der Waals surface area contributed by atoms with Gasteiger partial charge in [-0.15, -0.1) is 0 Å². The molecule has 0 fully saturated rings. The van der Waals surface area contributed by atoms with Crippen molar-refractivity contribution in [3.63, 3.8) is 0 Å². The molecule has 1 rings (SSSR count). The van der Waals surface area contributed by atoms with E-state index in [9.17, 15) is 0 Å². The summed E-state index contributed by atoms with van der Waals surface area (Å²) in [5.74, 6) is 2.24. The van der Waals surface area contributed by atoms with E-state index < -0.39 is 0 Å². The van der Waals surface area contributed by atoms with Crippen LogP contribution in [0.4, 0.5) is 0 Å². The molecule has 0 radical (unpaired) electrons. The number of nitrogens with one attached hydrogen (secondary N) is 1. The van der Waals surface area contributed by atoms with E-state index in [2.05, 4.69) is 49.6 Å². The lowest BCUT2D eigenvalue weighted by atomic mass is 9.92. The summed E-state index contributed by atoms with van der Waals surface area (Å²) in [6.45, 7) is 9.39. The standard InChI is InChI=1S/C36H70N2/c1-5-8-11-14-17-18-19-20-21-22-25-28-31-35(30-27-24-16-13-10-7-3)36-37-32-33-38(36)34(4)29-26-23-15-12-9-6-2/h32-35H,5-31H2,1-4H3/p+1. The van der Waals surface area contributed by atoms with Gasteiger partial charge in [0, 0.05) is 0 Å². The monoisotopic (exact) mass is 532 g/mol. The minimum absolute atomic E-state index is 0.622. The van der Waals surface area contributed by atoms with Gasteiger partial charge in [0.05, 0.1) is 12.0 Å². The molecule has 2 unspecified atom stereocenters. The van der Waals surface area contributed by atoms with Crippen molar-refractivity contribution in [2.75, 3.05) is 0 Å². The number of aromatic nitrogens is 2. The molecule has 0 aliphatic carbocycles. The zero-order valence-corrected chi connectivity index (χ0v) is 26.8. The molecule has 0 aromatic carbocycles. The third-order valence-electron chi connectivity index (χ3n) is 8.89. The molecule has 1 aromatic rings. The Morgan fingerprint density at radius 2 is 0.842 bits per heavy atom. The van der Waals surface area contributed by atoms with E-state index in [0.717, 1.165) is 0 Å². The van der Waals surface area contributed by atoms with E-state index in [1.807, 2.05) is 0 Å². The maximum atomic E-state index is 3.72. The molecule has 0 aliphatic rings. The van der Waals surface area contributed by atoms with Crippen molar-refractivity contribution in [2.45, 2.75) is 213 Å². The van der Waals surface area contributed by atoms with Crippen LogP contribution < -0.4 is 4.57 Å². The fourth-order valence-corrected chi connectivity index (χ4v) is 6.25. The molecule has 0 amide bonds. The molecule has 38 heavy (non-hydrogen) atoms. The molecule has 0 aliphatic heterocycles. The van der Waals surface area contributed by atoms with Crippen molar-refractivity contribution in [1.82, 2.24) is 4.98 Å². The smallest absolute Gasteiger partial charge is 0.247 e. The Morgan fingerprint density at radius 3 is 1.24 bits per heavy atom. The van der Waals surface area contributed by atoms with Crippen LogP contribution in [0.2, 0.25) is 0 Å². The maximum Gasteiger partial charge on any atom is 0.257 e. The van der Waals surface area contributed by atoms with Crippen molar-refractivity contribution in [1.29, 1.82) is 0 Å². The van der Waals surface area contributed by atoms with Gasteiger partial charge < -0.3 is 0 Å². The quantitative estimate of drug-likeness (QED) is 0.0783. The summed E-state index contributed by atoms with van der Waals surface area (Å²) in [6, 6.07) is 0.622. The minimum atomic E-state index is 0.622. The van der Waals surface area contributed by atoms with Gasteiger partial charge in [-0.1, -0.05) is 168 Å². The lowest BCUT2D eigenvalue weighted by molar-refractivity contribution is -0.727. The van der Waals surface area contributed by atoms with Crippen molar-refractivity contribution in [3.05, 3.63) is 18.2 Å². The molecule has 0 bridgehead atoms. The highest BCUT2D eigenvalue weighted by Crippen LogP contribution is 2.27. The van der Waals surface area contributed by atoms with Crippen LogP contribution in [0.5, 0.6) is 0 Å². The Hall–Kier alpha value is -0.790. The third-order valence-corrected chi connectivity index (χ3v) is 8.89. The lowest BCUT2D eigenvalue weighted by Gasteiger charge is -2.17. The molecular weight excluding hydrogens is 460 g/mol. The normalized spacial score (nSPS) is 13.3. The first-order valence-electron chi connectivity index (χ1n) is 17.8. The second-order valence-corrected chi connectivity index (χ2v) is 12.6. The minimum Gasteiger partial charge on any atom is -0.247 e. The Balaban J connectivity index is 2.41. The van der Waals surface area contributed by atoms with E-state index in [0.29, 0.717) is 12.0 Å². The first-order chi connectivity index (χ1) is 18.7. The lowest BCUT2D eigenvalue weighted by Crippen LogP contribution is -2.41. The molecule has 2 nitrogen and oxygen atoms in total. The molecule has 0 saturated carbocycles. The van der Waals surface area contributed by atoms with Gasteiger partial charge in [-0.2, -0.15) is 0 Å². The van der Waals surface area contributed by atoms with Gasteiger partial charge >= 0.3 is 0 Å². The maximum absolute atomic E-state index is 3.72. The number of rotatable bonds is 29. The van der Waals surface area contributed by atoms with Gasteiger partial charge in [0.15, 0.2) is 0 Å². The number of nitrogens with zero attached hydrogens (tertiary/aromatic N) is 1. The Kier molecular flexibility index (Phi) is 24.5. The van der Waals surface area contributed by atoms with Crippen molar-refractivity contribution in [2.24, 2.45) is 0 Å². The van der Waals surface area contributed by atoms with Crippen molar-refractivity contribution in [3.8, 4) is 0 Å². The zero-order valence-electron chi connectivity index (χ0n) is 26.8. The van der Waals surface area contributed by atoms with E-state index in [1.54, 1.807) is 0 Å². The van der Waals surface area contributed by atoms with E-state index in [4.69, 9.17) is 0 Å². The number of hydrogen-bond acceptors (Lipinski definition) is 0. The van der Waals surface area contributed by atoms with Crippen molar-refractivity contribution >= 4 is 0 Å². The molecule has 1 aromatic heterocycles. The van der Waals surface area contributed by atoms with Crippen LogP contribution in [0, 0.1) is 0 Å². The van der Waals surface area contributed by atoms with E-state index in [1.165, 1.54) is 179 Å². The Labute approximate surface area is 240 Å². The molecular formula is C36H71N2+. The molecule has 2 atom stereocenters. The highest BCUT2D eigenvalue weighted by atomic mass is 15.1. The number of hydrogen-bond donors (Lipinski definition) is 1. The van der Waals surface area contributed by atoms with E-state index >= 15 is 0 Å². The van der Waals surface area contributed by atoms with Gasteiger partial charge in [0.2, 0.25) is 0 Å². The largest absolute Gasteiger partial charge is 0.257 e. The van der Waals surface area contributed by atoms with Crippen molar-refractivity contribution < 1.29 is 4.57 Å². The molecule has 224 valence electrons. The number of aromatic amines is 1. The van der Waals surface area contributed by atoms with Gasteiger partial charge in [0.25, 0.3) is 5.82 Å². The SMILES string of the molecule is CCCCCCCCCCCCCCC(CCCCCCCC)c1[nH]cc[n+]1C(C)CCCCCCCC. The van der Waals surface area contributed by atoms with Crippen LogP contribution >= 0.6 is 0 Å². The summed E-state index contributed by atoms with van der Waals surface area (Å²) >= 11 is 0. The van der Waals surface area contributed by atoms with Gasteiger partial charge in [-0.05, 0) is 32.6 Å². The summed E-state index contributed by atoms with van der Waals surface area (Å²) in [5, 5.41) is 0. The molecule has 0 saturated heterocycles. The van der Waals surface area contributed by atoms with Crippen LogP contribution in [0.25, 0.3) is 0 Å². The fourth-order valence-electron chi connectivity index (χ4n) is 6.25. The highest BCUT2D eigenvalue weighted by Gasteiger charge is 2.25. The first kappa shape index (κ1) is 35.2. The van der Waals surface area contributed by atoms with E-state index in [-0.39, 0.29) is 0 Å². The average Bonchev–Trinajstić information content (AvgIpc) is 3.42. The zero-order chi connectivity index (χ0) is 27.5. The Morgan fingerprint density at radius 1 is 0.500 bits per heavy atom. The fraction of sp³-hybridized carbons (Fsp3) is 0.917. The summed E-state index contributed by atoms with van der Waals surface area (Å²) in [7, 11) is 0. The van der Waals surface area contributed by atoms with Crippen LogP contribution in [-0.2, 0) is 0 Å². The Bertz CT molecular complexity index is 592. The molecule has 1 heterocycles. The predicted molar refractivity (Wildman–Crippen MR) is 170 cm³/mol. The summed E-state index contributed by atoms with van der Waals surface area (Å²) in [5.41, 5.74) is 0. The predicted octanol–water partition coefficient (Wildman–Crippen LogP) is 12.5. The van der Waals surface area contributed by atoms with Crippen LogP contribution in [-0.4, -0.2) is 4.98 Å². The highest BCUT2D eigenvalue weighted by molar-refractivity contribution is 4.90. The number of imidazole rings is 1. The molecule has 2 heteroatoms. The topological polar surface area (TPSA) is 19.7 Å². The van der Waals surface area contributed by atoms with Gasteiger partial charge in [-0.25, -0.2) is 9.55 Å². The summed E-state index contributed by atoms with van der Waals surface area (Å²) < 4.78 is 2.62.